The Morgan fingerprint density at radius 2 is 1.88 bits per heavy atom. The smallest absolute Gasteiger partial charge is 0.294 e. The molecular formula is C22H19BrN4O6S. The molecule has 0 bridgehead atoms. The van der Waals surface area contributed by atoms with Crippen molar-refractivity contribution in [2.75, 3.05) is 43.1 Å². The fraction of sp³-hybridized carbons (Fsp3) is 0.227. The van der Waals surface area contributed by atoms with Crippen LogP contribution in [0.15, 0.2) is 51.8 Å². The second-order valence-electron chi connectivity index (χ2n) is 7.43. The molecule has 0 aromatic heterocycles. The second-order valence-corrected chi connectivity index (χ2v) is 9.34. The van der Waals surface area contributed by atoms with Crippen molar-refractivity contribution in [3.63, 3.8) is 0 Å². The van der Waals surface area contributed by atoms with Crippen molar-refractivity contribution in [3.05, 3.63) is 67.5 Å². The number of amides is 3. The molecule has 34 heavy (non-hydrogen) atoms. The van der Waals surface area contributed by atoms with E-state index >= 15 is 0 Å². The lowest BCUT2D eigenvalue weighted by molar-refractivity contribution is -0.384. The molecular weight excluding hydrogens is 528 g/mol. The largest absolute Gasteiger partial charge is 0.378 e. The summed E-state index contributed by atoms with van der Waals surface area (Å²) in [7, 11) is 0. The summed E-state index contributed by atoms with van der Waals surface area (Å²) >= 11 is 3.99. The third-order valence-electron chi connectivity index (χ3n) is 5.15. The lowest BCUT2D eigenvalue weighted by Crippen LogP contribution is -2.36. The lowest BCUT2D eigenvalue weighted by Gasteiger charge is -2.28. The van der Waals surface area contributed by atoms with Crippen LogP contribution in [0.25, 0.3) is 6.08 Å². The van der Waals surface area contributed by atoms with Crippen LogP contribution in [0.2, 0.25) is 0 Å². The highest BCUT2D eigenvalue weighted by Crippen LogP contribution is 2.35. The maximum atomic E-state index is 12.8. The van der Waals surface area contributed by atoms with Crippen molar-refractivity contribution in [1.29, 1.82) is 0 Å². The number of halogens is 1. The Labute approximate surface area is 207 Å². The van der Waals surface area contributed by atoms with E-state index in [1.807, 2.05) is 4.90 Å². The van der Waals surface area contributed by atoms with E-state index in [0.717, 1.165) is 9.37 Å². The molecule has 2 aliphatic rings. The molecule has 10 nitrogen and oxygen atoms in total. The van der Waals surface area contributed by atoms with E-state index in [4.69, 9.17) is 4.74 Å². The number of rotatable bonds is 6. The minimum Gasteiger partial charge on any atom is -0.378 e. The van der Waals surface area contributed by atoms with Gasteiger partial charge >= 0.3 is 0 Å². The summed E-state index contributed by atoms with van der Waals surface area (Å²) in [5.74, 6) is -1.14. The van der Waals surface area contributed by atoms with E-state index in [0.29, 0.717) is 55.0 Å². The molecule has 0 radical (unpaired) electrons. The van der Waals surface area contributed by atoms with Crippen LogP contribution in [-0.4, -0.2) is 59.7 Å². The van der Waals surface area contributed by atoms with E-state index in [-0.39, 0.29) is 10.6 Å². The summed E-state index contributed by atoms with van der Waals surface area (Å²) in [6.07, 6.45) is 1.42. The quantitative estimate of drug-likeness (QED) is 0.329. The predicted octanol–water partition coefficient (Wildman–Crippen LogP) is 3.87. The normalized spacial score (nSPS) is 17.4. The van der Waals surface area contributed by atoms with Crippen LogP contribution in [0.5, 0.6) is 0 Å². The standard InChI is InChI=1S/C22H19BrN4O6S/c23-15-2-4-16(5-3-15)24-20(28)13-26-21(29)19(34-22(26)30)12-14-1-6-17(18(11-14)27(31)32)25-7-9-33-10-8-25/h1-6,11-12H,7-10,13H2,(H,24,28)/b19-12-. The van der Waals surface area contributed by atoms with Gasteiger partial charge in [0.15, 0.2) is 0 Å². The molecule has 2 heterocycles. The van der Waals surface area contributed by atoms with Gasteiger partial charge in [-0.2, -0.15) is 0 Å². The topological polar surface area (TPSA) is 122 Å². The molecule has 2 aromatic carbocycles. The Balaban J connectivity index is 1.49. The van der Waals surface area contributed by atoms with Crippen molar-refractivity contribution < 1.29 is 24.0 Å². The number of nitro benzene ring substituents is 1. The number of carbonyl (C=O) groups excluding carboxylic acids is 3. The summed E-state index contributed by atoms with van der Waals surface area (Å²) in [5.41, 5.74) is 1.32. The minimum absolute atomic E-state index is 0.0925. The van der Waals surface area contributed by atoms with Crippen molar-refractivity contribution in [2.45, 2.75) is 0 Å². The Morgan fingerprint density at radius 1 is 1.18 bits per heavy atom. The molecule has 0 unspecified atom stereocenters. The number of ether oxygens (including phenoxy) is 1. The van der Waals surface area contributed by atoms with Gasteiger partial charge < -0.3 is 15.0 Å². The van der Waals surface area contributed by atoms with E-state index in [2.05, 4.69) is 21.2 Å². The number of anilines is 2. The first-order valence-electron chi connectivity index (χ1n) is 10.2. The zero-order chi connectivity index (χ0) is 24.2. The maximum absolute atomic E-state index is 12.8. The number of imide groups is 1. The van der Waals surface area contributed by atoms with E-state index in [9.17, 15) is 24.5 Å². The van der Waals surface area contributed by atoms with Gasteiger partial charge in [0.1, 0.15) is 12.2 Å². The Hall–Kier alpha value is -3.22. The summed E-state index contributed by atoms with van der Waals surface area (Å²) in [5, 5.41) is 13.7. The molecule has 3 amide bonds. The summed E-state index contributed by atoms with van der Waals surface area (Å²) in [6, 6.07) is 11.5. The molecule has 0 aliphatic carbocycles. The van der Waals surface area contributed by atoms with Crippen LogP contribution < -0.4 is 10.2 Å². The first kappa shape index (κ1) is 23.9. The number of carbonyl (C=O) groups is 3. The fourth-order valence-electron chi connectivity index (χ4n) is 3.51. The van der Waals surface area contributed by atoms with Gasteiger partial charge in [0, 0.05) is 29.3 Å². The molecule has 0 atom stereocenters. The van der Waals surface area contributed by atoms with Gasteiger partial charge in [0.25, 0.3) is 16.8 Å². The van der Waals surface area contributed by atoms with E-state index in [1.165, 1.54) is 12.1 Å². The van der Waals surface area contributed by atoms with Gasteiger partial charge in [-0.15, -0.1) is 0 Å². The molecule has 1 N–H and O–H groups in total. The molecule has 2 aromatic rings. The van der Waals surface area contributed by atoms with Gasteiger partial charge in [-0.1, -0.05) is 22.0 Å². The summed E-state index contributed by atoms with van der Waals surface area (Å²) in [4.78, 5) is 51.5. The molecule has 0 saturated carbocycles. The average Bonchev–Trinajstić information content (AvgIpc) is 3.08. The third kappa shape index (κ3) is 5.46. The highest BCUT2D eigenvalue weighted by atomic mass is 79.9. The molecule has 2 saturated heterocycles. The first-order valence-corrected chi connectivity index (χ1v) is 11.8. The van der Waals surface area contributed by atoms with E-state index < -0.39 is 28.5 Å². The lowest BCUT2D eigenvalue weighted by atomic mass is 10.1. The molecule has 0 spiro atoms. The number of hydrogen-bond acceptors (Lipinski definition) is 8. The van der Waals surface area contributed by atoms with E-state index in [1.54, 1.807) is 36.4 Å². The number of nitrogens with one attached hydrogen (secondary N) is 1. The Bertz CT molecular complexity index is 1180. The SMILES string of the molecule is O=C(CN1C(=O)S/C(=C\c2ccc(N3CCOCC3)c([N+](=O)[O-])c2)C1=O)Nc1ccc(Br)cc1. The van der Waals surface area contributed by atoms with Gasteiger partial charge in [-0.3, -0.25) is 29.4 Å². The van der Waals surface area contributed by atoms with Crippen LogP contribution in [0.3, 0.4) is 0 Å². The first-order chi connectivity index (χ1) is 16.3. The van der Waals surface area contributed by atoms with Crippen LogP contribution in [-0.2, 0) is 14.3 Å². The Kier molecular flexibility index (Phi) is 7.29. The van der Waals surface area contributed by atoms with Gasteiger partial charge in [0.05, 0.1) is 23.0 Å². The van der Waals surface area contributed by atoms with Crippen LogP contribution in [0.1, 0.15) is 5.56 Å². The van der Waals surface area contributed by atoms with Gasteiger partial charge in [0.2, 0.25) is 5.91 Å². The fourth-order valence-corrected chi connectivity index (χ4v) is 4.62. The number of benzene rings is 2. The molecule has 2 aliphatic heterocycles. The molecule has 4 rings (SSSR count). The monoisotopic (exact) mass is 546 g/mol. The zero-order valence-electron chi connectivity index (χ0n) is 17.7. The van der Waals surface area contributed by atoms with Crippen LogP contribution >= 0.6 is 27.7 Å². The van der Waals surface area contributed by atoms with Crippen molar-refractivity contribution in [3.8, 4) is 0 Å². The maximum Gasteiger partial charge on any atom is 0.294 e. The second kappa shape index (κ2) is 10.4. The van der Waals surface area contributed by atoms with Gasteiger partial charge in [-0.25, -0.2) is 0 Å². The van der Waals surface area contributed by atoms with Crippen molar-refractivity contribution in [1.82, 2.24) is 4.90 Å². The number of hydrogen-bond donors (Lipinski definition) is 1. The predicted molar refractivity (Wildman–Crippen MR) is 132 cm³/mol. The molecule has 2 fully saturated rings. The summed E-state index contributed by atoms with van der Waals surface area (Å²) in [6.45, 7) is 1.62. The number of thioether (sulfide) groups is 1. The summed E-state index contributed by atoms with van der Waals surface area (Å²) < 4.78 is 6.15. The third-order valence-corrected chi connectivity index (χ3v) is 6.59. The van der Waals surface area contributed by atoms with Crippen LogP contribution in [0, 0.1) is 10.1 Å². The highest BCUT2D eigenvalue weighted by molar-refractivity contribution is 9.10. The number of nitrogens with zero attached hydrogens (tertiary/aromatic N) is 3. The van der Waals surface area contributed by atoms with Crippen molar-refractivity contribution in [2.24, 2.45) is 0 Å². The van der Waals surface area contributed by atoms with Crippen molar-refractivity contribution >= 4 is 67.9 Å². The number of nitro groups is 1. The molecule has 176 valence electrons. The highest BCUT2D eigenvalue weighted by Gasteiger charge is 2.36. The van der Waals surface area contributed by atoms with Gasteiger partial charge in [-0.05, 0) is 53.7 Å². The Morgan fingerprint density at radius 3 is 2.56 bits per heavy atom. The molecule has 12 heteroatoms. The number of morpholine rings is 1. The zero-order valence-corrected chi connectivity index (χ0v) is 20.1. The van der Waals surface area contributed by atoms with Crippen LogP contribution in [0.4, 0.5) is 21.9 Å². The average molecular weight is 547 g/mol. The minimum atomic E-state index is -0.624.